The van der Waals surface area contributed by atoms with Gasteiger partial charge in [-0.25, -0.2) is 4.98 Å². The predicted octanol–water partition coefficient (Wildman–Crippen LogP) is 0.718. The molecule has 0 saturated heterocycles. The molecule has 1 aromatic heterocycles. The van der Waals surface area contributed by atoms with Crippen LogP contribution in [0.15, 0.2) is 6.20 Å². The average molecular weight is 251 g/mol. The molecule has 0 aliphatic heterocycles. The summed E-state index contributed by atoms with van der Waals surface area (Å²) in [6, 6.07) is 0.132. The van der Waals surface area contributed by atoms with Crippen LogP contribution >= 0.6 is 0 Å². The number of aryl methyl sites for hydroxylation is 1. The Hall–Kier alpha value is -1.85. The van der Waals surface area contributed by atoms with Gasteiger partial charge in [0.1, 0.15) is 5.82 Å². The molecule has 0 aromatic carbocycles. The molecule has 0 aliphatic carbocycles. The second-order valence-corrected chi connectivity index (χ2v) is 4.47. The van der Waals surface area contributed by atoms with Crippen LogP contribution in [0.2, 0.25) is 0 Å². The first-order valence-corrected chi connectivity index (χ1v) is 6.07. The topological polar surface area (TPSA) is 84.1 Å². The fourth-order valence-electron chi connectivity index (χ4n) is 1.64. The number of anilines is 2. The van der Waals surface area contributed by atoms with Gasteiger partial charge in [0.25, 0.3) is 0 Å². The maximum absolute atomic E-state index is 11.8. The van der Waals surface area contributed by atoms with Gasteiger partial charge >= 0.3 is 0 Å². The minimum absolute atomic E-state index is 0.0246. The molecule has 0 saturated carbocycles. The minimum Gasteiger partial charge on any atom is -0.368 e. The molecule has 6 heteroatoms. The van der Waals surface area contributed by atoms with Gasteiger partial charge in [-0.2, -0.15) is 4.98 Å². The molecule has 1 aromatic rings. The second kappa shape index (κ2) is 6.18. The number of nitrogens with two attached hydrogens (primary N) is 1. The van der Waals surface area contributed by atoms with Gasteiger partial charge in [-0.15, -0.1) is 0 Å². The highest BCUT2D eigenvalue weighted by atomic mass is 16.2. The Bertz CT molecular complexity index is 419. The molecule has 0 atom stereocenters. The molecule has 0 bridgehead atoms. The Morgan fingerprint density at radius 1 is 1.56 bits per heavy atom. The van der Waals surface area contributed by atoms with E-state index < -0.39 is 0 Å². The maximum Gasteiger partial charge on any atom is 0.239 e. The number of hydrogen-bond acceptors (Lipinski definition) is 5. The van der Waals surface area contributed by atoms with Crippen LogP contribution in [0.4, 0.5) is 11.8 Å². The van der Waals surface area contributed by atoms with Crippen LogP contribution in [0.1, 0.15) is 26.3 Å². The summed E-state index contributed by atoms with van der Waals surface area (Å²) in [4.78, 5) is 21.8. The van der Waals surface area contributed by atoms with Gasteiger partial charge in [0.05, 0.1) is 6.54 Å². The Morgan fingerprint density at radius 3 is 2.78 bits per heavy atom. The number of amides is 1. The number of carbonyl (C=O) groups is 1. The number of nitrogens with zero attached hydrogens (tertiary/aromatic N) is 3. The number of carbonyl (C=O) groups excluding carboxylic acids is 1. The molecule has 0 aliphatic rings. The molecular formula is C12H21N5O. The third-order valence-corrected chi connectivity index (χ3v) is 2.43. The van der Waals surface area contributed by atoms with Crippen molar-refractivity contribution in [3.63, 3.8) is 0 Å². The average Bonchev–Trinajstić information content (AvgIpc) is 2.28. The van der Waals surface area contributed by atoms with Crippen LogP contribution in [0, 0.1) is 6.92 Å². The van der Waals surface area contributed by atoms with Crippen molar-refractivity contribution >= 4 is 17.7 Å². The molecule has 1 rings (SSSR count). The fraction of sp³-hybridized carbons (Fsp3) is 0.583. The van der Waals surface area contributed by atoms with Gasteiger partial charge in [0.15, 0.2) is 0 Å². The number of hydrogen-bond donors (Lipinski definition) is 2. The van der Waals surface area contributed by atoms with Gasteiger partial charge in [-0.3, -0.25) is 4.79 Å². The van der Waals surface area contributed by atoms with E-state index in [1.54, 1.807) is 6.20 Å². The molecule has 1 amide bonds. The highest BCUT2D eigenvalue weighted by Gasteiger charge is 2.14. The largest absolute Gasteiger partial charge is 0.368 e. The summed E-state index contributed by atoms with van der Waals surface area (Å²) < 4.78 is 0. The van der Waals surface area contributed by atoms with Crippen LogP contribution in [0.3, 0.4) is 0 Å². The van der Waals surface area contributed by atoms with E-state index in [1.807, 2.05) is 32.6 Å². The third-order valence-electron chi connectivity index (χ3n) is 2.43. The van der Waals surface area contributed by atoms with Crippen LogP contribution < -0.4 is 16.0 Å². The Kier molecular flexibility index (Phi) is 4.88. The van der Waals surface area contributed by atoms with E-state index in [-0.39, 0.29) is 24.4 Å². The standard InChI is InChI=1S/C12H21N5O/c1-5-17(7-10(18)15-8(2)3)11-9(4)6-14-12(13)16-11/h6,8H,5,7H2,1-4H3,(H,15,18)(H2,13,14,16). The van der Waals surface area contributed by atoms with E-state index in [1.165, 1.54) is 0 Å². The lowest BCUT2D eigenvalue weighted by molar-refractivity contribution is -0.120. The summed E-state index contributed by atoms with van der Waals surface area (Å²) in [6.45, 7) is 8.69. The molecule has 0 unspecified atom stereocenters. The molecule has 1 heterocycles. The maximum atomic E-state index is 11.8. The molecular weight excluding hydrogens is 230 g/mol. The number of nitrogens with one attached hydrogen (secondary N) is 1. The van der Waals surface area contributed by atoms with Crippen molar-refractivity contribution in [1.29, 1.82) is 0 Å². The van der Waals surface area contributed by atoms with Crippen molar-refractivity contribution < 1.29 is 4.79 Å². The SMILES string of the molecule is CCN(CC(=O)NC(C)C)c1nc(N)ncc1C. The summed E-state index contributed by atoms with van der Waals surface area (Å²) in [5, 5.41) is 2.86. The highest BCUT2D eigenvalue weighted by molar-refractivity contribution is 5.81. The van der Waals surface area contributed by atoms with Crippen molar-refractivity contribution in [2.24, 2.45) is 0 Å². The second-order valence-electron chi connectivity index (χ2n) is 4.47. The minimum atomic E-state index is -0.0246. The van der Waals surface area contributed by atoms with Crippen LogP contribution in [-0.2, 0) is 4.79 Å². The van der Waals surface area contributed by atoms with Gasteiger partial charge in [-0.1, -0.05) is 0 Å². The highest BCUT2D eigenvalue weighted by Crippen LogP contribution is 2.16. The first-order valence-electron chi connectivity index (χ1n) is 6.07. The smallest absolute Gasteiger partial charge is 0.239 e. The predicted molar refractivity (Wildman–Crippen MR) is 72.3 cm³/mol. The Labute approximate surface area is 108 Å². The fourth-order valence-corrected chi connectivity index (χ4v) is 1.64. The monoisotopic (exact) mass is 251 g/mol. The lowest BCUT2D eigenvalue weighted by Gasteiger charge is -2.23. The van der Waals surface area contributed by atoms with Gasteiger partial charge < -0.3 is 16.0 Å². The van der Waals surface area contributed by atoms with Gasteiger partial charge in [0, 0.05) is 24.3 Å². The molecule has 0 fully saturated rings. The lowest BCUT2D eigenvalue weighted by atomic mass is 10.3. The third kappa shape index (κ3) is 3.87. The van der Waals surface area contributed by atoms with Crippen molar-refractivity contribution in [2.45, 2.75) is 33.7 Å². The number of likely N-dealkylation sites (N-methyl/N-ethyl adjacent to an activating group) is 1. The van der Waals surface area contributed by atoms with Crippen LogP contribution in [0.5, 0.6) is 0 Å². The molecule has 6 nitrogen and oxygen atoms in total. The number of aromatic nitrogens is 2. The zero-order chi connectivity index (χ0) is 13.7. The molecule has 3 N–H and O–H groups in total. The molecule has 100 valence electrons. The number of rotatable bonds is 5. The van der Waals surface area contributed by atoms with E-state index >= 15 is 0 Å². The van der Waals surface area contributed by atoms with Crippen molar-refractivity contribution in [2.75, 3.05) is 23.7 Å². The summed E-state index contributed by atoms with van der Waals surface area (Å²) in [7, 11) is 0. The van der Waals surface area contributed by atoms with E-state index in [4.69, 9.17) is 5.73 Å². The number of nitrogen functional groups attached to an aromatic ring is 1. The zero-order valence-corrected chi connectivity index (χ0v) is 11.4. The van der Waals surface area contributed by atoms with E-state index in [9.17, 15) is 4.79 Å². The van der Waals surface area contributed by atoms with Gasteiger partial charge in [-0.05, 0) is 27.7 Å². The van der Waals surface area contributed by atoms with Crippen molar-refractivity contribution in [1.82, 2.24) is 15.3 Å². The summed E-state index contributed by atoms with van der Waals surface area (Å²) >= 11 is 0. The van der Waals surface area contributed by atoms with Gasteiger partial charge in [0.2, 0.25) is 11.9 Å². The van der Waals surface area contributed by atoms with Crippen LogP contribution in [0.25, 0.3) is 0 Å². The summed E-state index contributed by atoms with van der Waals surface area (Å²) in [5.41, 5.74) is 6.49. The molecule has 0 radical (unpaired) electrons. The first kappa shape index (κ1) is 14.2. The summed E-state index contributed by atoms with van der Waals surface area (Å²) in [6.07, 6.45) is 1.67. The molecule has 0 spiro atoms. The summed E-state index contributed by atoms with van der Waals surface area (Å²) in [5.74, 6) is 0.908. The lowest BCUT2D eigenvalue weighted by Crippen LogP contribution is -2.40. The molecule has 18 heavy (non-hydrogen) atoms. The Balaban J connectivity index is 2.83. The first-order chi connectivity index (χ1) is 8.43. The van der Waals surface area contributed by atoms with Crippen molar-refractivity contribution in [3.05, 3.63) is 11.8 Å². The zero-order valence-electron chi connectivity index (χ0n) is 11.4. The van der Waals surface area contributed by atoms with Crippen LogP contribution in [-0.4, -0.2) is 35.0 Å². The van der Waals surface area contributed by atoms with Crippen molar-refractivity contribution in [3.8, 4) is 0 Å². The Morgan fingerprint density at radius 2 is 2.22 bits per heavy atom. The normalized spacial score (nSPS) is 10.5. The van der Waals surface area contributed by atoms with E-state index in [0.717, 1.165) is 5.56 Å². The van der Waals surface area contributed by atoms with E-state index in [0.29, 0.717) is 12.4 Å². The van der Waals surface area contributed by atoms with E-state index in [2.05, 4.69) is 15.3 Å². The quantitative estimate of drug-likeness (QED) is 0.805.